The van der Waals surface area contributed by atoms with Crippen LogP contribution in [0.5, 0.6) is 0 Å². The first-order valence-corrected chi connectivity index (χ1v) is 6.73. The minimum atomic E-state index is 0.482. The average Bonchev–Trinajstić information content (AvgIpc) is 2.93. The van der Waals surface area contributed by atoms with Crippen LogP contribution in [0.4, 0.5) is 0 Å². The molecular weight excluding hydrogens is 236 g/mol. The Bertz CT molecular complexity index is 453. The molecule has 3 heteroatoms. The van der Waals surface area contributed by atoms with Gasteiger partial charge in [0.05, 0.1) is 12.8 Å². The third kappa shape index (κ3) is 4.54. The molecule has 1 N–H and O–H groups in total. The zero-order valence-electron chi connectivity index (χ0n) is 11.7. The lowest BCUT2D eigenvalue weighted by molar-refractivity contribution is 0.241. The molecule has 1 aromatic carbocycles. The fraction of sp³-hybridized carbons (Fsp3) is 0.375. The van der Waals surface area contributed by atoms with Gasteiger partial charge < -0.3 is 9.73 Å². The molecule has 0 radical (unpaired) electrons. The topological polar surface area (TPSA) is 28.4 Å². The minimum Gasteiger partial charge on any atom is -0.468 e. The van der Waals surface area contributed by atoms with E-state index >= 15 is 0 Å². The molecule has 0 spiro atoms. The molecule has 0 aliphatic rings. The fourth-order valence-electron chi connectivity index (χ4n) is 2.00. The maximum Gasteiger partial charge on any atom is 0.117 e. The Hall–Kier alpha value is -1.58. The Labute approximate surface area is 115 Å². The molecule has 1 heterocycles. The van der Waals surface area contributed by atoms with Crippen LogP contribution < -0.4 is 5.32 Å². The summed E-state index contributed by atoms with van der Waals surface area (Å²) in [6.45, 7) is 4.95. The lowest BCUT2D eigenvalue weighted by atomic mass is 10.2. The molecule has 1 aromatic heterocycles. The monoisotopic (exact) mass is 258 g/mol. The average molecular weight is 258 g/mol. The predicted octanol–water partition coefficient (Wildman–Crippen LogP) is 2.89. The van der Waals surface area contributed by atoms with Crippen molar-refractivity contribution in [3.63, 3.8) is 0 Å². The van der Waals surface area contributed by atoms with E-state index in [1.54, 1.807) is 6.26 Å². The predicted molar refractivity (Wildman–Crippen MR) is 77.8 cm³/mol. The van der Waals surface area contributed by atoms with Crippen LogP contribution in [-0.4, -0.2) is 24.5 Å². The van der Waals surface area contributed by atoms with E-state index in [1.807, 2.05) is 12.1 Å². The van der Waals surface area contributed by atoms with Gasteiger partial charge in [0.1, 0.15) is 5.76 Å². The van der Waals surface area contributed by atoms with Crippen molar-refractivity contribution in [2.24, 2.45) is 0 Å². The molecule has 1 atom stereocenters. The molecule has 2 aromatic rings. The van der Waals surface area contributed by atoms with Gasteiger partial charge in [-0.3, -0.25) is 4.90 Å². The molecule has 102 valence electrons. The molecule has 0 aliphatic heterocycles. The quantitative estimate of drug-likeness (QED) is 0.827. The van der Waals surface area contributed by atoms with Crippen molar-refractivity contribution in [2.75, 3.05) is 13.6 Å². The van der Waals surface area contributed by atoms with Gasteiger partial charge in [-0.25, -0.2) is 0 Å². The van der Waals surface area contributed by atoms with Crippen LogP contribution in [0.2, 0.25) is 0 Å². The zero-order chi connectivity index (χ0) is 13.5. The van der Waals surface area contributed by atoms with Gasteiger partial charge in [-0.2, -0.15) is 0 Å². The Morgan fingerprint density at radius 1 is 1.16 bits per heavy atom. The standard InChI is InChI=1S/C16H22N2O/c1-14(11-17-12-16-9-6-10-19-16)18(2)13-15-7-4-3-5-8-15/h3-10,14,17H,11-13H2,1-2H3. The lowest BCUT2D eigenvalue weighted by Crippen LogP contribution is -2.37. The van der Waals surface area contributed by atoms with Crippen LogP contribution in [0.15, 0.2) is 53.1 Å². The van der Waals surface area contributed by atoms with E-state index in [4.69, 9.17) is 4.42 Å². The minimum absolute atomic E-state index is 0.482. The van der Waals surface area contributed by atoms with E-state index in [9.17, 15) is 0 Å². The van der Waals surface area contributed by atoms with Gasteiger partial charge in [-0.1, -0.05) is 30.3 Å². The smallest absolute Gasteiger partial charge is 0.117 e. The van der Waals surface area contributed by atoms with Gasteiger partial charge in [-0.15, -0.1) is 0 Å². The second-order valence-electron chi connectivity index (χ2n) is 4.96. The van der Waals surface area contributed by atoms with Crippen LogP contribution in [0.1, 0.15) is 18.2 Å². The third-order valence-corrected chi connectivity index (χ3v) is 3.35. The summed E-state index contributed by atoms with van der Waals surface area (Å²) in [6, 6.07) is 15.0. The highest BCUT2D eigenvalue weighted by Crippen LogP contribution is 2.06. The molecule has 3 nitrogen and oxygen atoms in total. The summed E-state index contributed by atoms with van der Waals surface area (Å²) in [5, 5.41) is 3.42. The number of rotatable bonds is 7. The Morgan fingerprint density at radius 2 is 1.95 bits per heavy atom. The highest BCUT2D eigenvalue weighted by molar-refractivity contribution is 5.14. The largest absolute Gasteiger partial charge is 0.468 e. The van der Waals surface area contributed by atoms with Crippen LogP contribution in [0, 0.1) is 0 Å². The summed E-state index contributed by atoms with van der Waals surface area (Å²) in [4.78, 5) is 2.35. The molecule has 2 rings (SSSR count). The first-order chi connectivity index (χ1) is 9.25. The number of hydrogen-bond acceptors (Lipinski definition) is 3. The van der Waals surface area contributed by atoms with Crippen molar-refractivity contribution >= 4 is 0 Å². The Balaban J connectivity index is 1.71. The molecule has 19 heavy (non-hydrogen) atoms. The molecule has 0 saturated heterocycles. The Morgan fingerprint density at radius 3 is 2.63 bits per heavy atom. The van der Waals surface area contributed by atoms with Gasteiger partial charge in [0.25, 0.3) is 0 Å². The van der Waals surface area contributed by atoms with Crippen molar-refractivity contribution in [1.29, 1.82) is 0 Å². The van der Waals surface area contributed by atoms with Crippen LogP contribution in [0.3, 0.4) is 0 Å². The second-order valence-corrected chi connectivity index (χ2v) is 4.96. The number of nitrogens with zero attached hydrogens (tertiary/aromatic N) is 1. The van der Waals surface area contributed by atoms with Crippen molar-refractivity contribution in [2.45, 2.75) is 26.1 Å². The number of nitrogens with one attached hydrogen (secondary N) is 1. The van der Waals surface area contributed by atoms with Gasteiger partial charge in [0.2, 0.25) is 0 Å². The van der Waals surface area contributed by atoms with Crippen molar-refractivity contribution in [3.8, 4) is 0 Å². The summed E-state index contributed by atoms with van der Waals surface area (Å²) in [7, 11) is 2.16. The molecule has 0 amide bonds. The number of likely N-dealkylation sites (N-methyl/N-ethyl adjacent to an activating group) is 1. The van der Waals surface area contributed by atoms with Gasteiger partial charge in [0.15, 0.2) is 0 Å². The second kappa shape index (κ2) is 7.12. The lowest BCUT2D eigenvalue weighted by Gasteiger charge is -2.25. The van der Waals surface area contributed by atoms with Gasteiger partial charge in [-0.05, 0) is 31.7 Å². The van der Waals surface area contributed by atoms with Crippen LogP contribution >= 0.6 is 0 Å². The van der Waals surface area contributed by atoms with E-state index in [-0.39, 0.29) is 0 Å². The van der Waals surface area contributed by atoms with E-state index in [1.165, 1.54) is 5.56 Å². The molecule has 0 fully saturated rings. The van der Waals surface area contributed by atoms with Gasteiger partial charge >= 0.3 is 0 Å². The van der Waals surface area contributed by atoms with E-state index in [0.29, 0.717) is 6.04 Å². The molecule has 0 aliphatic carbocycles. The maximum atomic E-state index is 5.30. The molecule has 0 saturated carbocycles. The Kier molecular flexibility index (Phi) is 5.19. The van der Waals surface area contributed by atoms with Crippen molar-refractivity contribution in [1.82, 2.24) is 10.2 Å². The number of hydrogen-bond donors (Lipinski definition) is 1. The summed E-state index contributed by atoms with van der Waals surface area (Å²) >= 11 is 0. The van der Waals surface area contributed by atoms with Crippen molar-refractivity contribution < 1.29 is 4.42 Å². The SMILES string of the molecule is CC(CNCc1ccco1)N(C)Cc1ccccc1. The number of benzene rings is 1. The van der Waals surface area contributed by atoms with E-state index in [0.717, 1.165) is 25.4 Å². The first-order valence-electron chi connectivity index (χ1n) is 6.73. The first kappa shape index (κ1) is 13.8. The van der Waals surface area contributed by atoms with Gasteiger partial charge in [0, 0.05) is 19.1 Å². The third-order valence-electron chi connectivity index (χ3n) is 3.35. The van der Waals surface area contributed by atoms with Crippen molar-refractivity contribution in [3.05, 3.63) is 60.1 Å². The normalized spacial score (nSPS) is 12.8. The number of furan rings is 1. The van der Waals surface area contributed by atoms with Crippen LogP contribution in [0.25, 0.3) is 0 Å². The fourth-order valence-corrected chi connectivity index (χ4v) is 2.00. The summed E-state index contributed by atoms with van der Waals surface area (Å²) in [6.07, 6.45) is 1.71. The highest BCUT2D eigenvalue weighted by atomic mass is 16.3. The maximum absolute atomic E-state index is 5.30. The zero-order valence-corrected chi connectivity index (χ0v) is 11.7. The van der Waals surface area contributed by atoms with Crippen LogP contribution in [-0.2, 0) is 13.1 Å². The molecular formula is C16H22N2O. The van der Waals surface area contributed by atoms with E-state index < -0.39 is 0 Å². The van der Waals surface area contributed by atoms with E-state index in [2.05, 4.69) is 54.5 Å². The summed E-state index contributed by atoms with van der Waals surface area (Å²) in [5.41, 5.74) is 1.35. The summed E-state index contributed by atoms with van der Waals surface area (Å²) in [5.74, 6) is 0.984. The molecule has 1 unspecified atom stereocenters. The highest BCUT2D eigenvalue weighted by Gasteiger charge is 2.09. The summed E-state index contributed by atoms with van der Waals surface area (Å²) < 4.78 is 5.30. The molecule has 0 bridgehead atoms.